The highest BCUT2D eigenvalue weighted by molar-refractivity contribution is 8.00. The van der Waals surface area contributed by atoms with Gasteiger partial charge in [0.1, 0.15) is 11.5 Å². The molecule has 28 heavy (non-hydrogen) atoms. The molecule has 1 aromatic heterocycles. The molecule has 0 bridgehead atoms. The lowest BCUT2D eigenvalue weighted by Gasteiger charge is -2.21. The van der Waals surface area contributed by atoms with E-state index in [9.17, 15) is 4.79 Å². The van der Waals surface area contributed by atoms with Crippen LogP contribution in [-0.4, -0.2) is 10.8 Å². The second-order valence-corrected chi connectivity index (χ2v) is 7.37. The number of aromatic nitrogens is 1. The van der Waals surface area contributed by atoms with Crippen molar-refractivity contribution in [2.45, 2.75) is 4.90 Å². The highest BCUT2D eigenvalue weighted by Crippen LogP contribution is 2.36. The third-order valence-electron chi connectivity index (χ3n) is 4.27. The zero-order valence-corrected chi connectivity index (χ0v) is 16.3. The summed E-state index contributed by atoms with van der Waals surface area (Å²) in [4.78, 5) is 18.1. The lowest BCUT2D eigenvalue weighted by molar-refractivity contribution is 0.103. The number of halogens is 1. The van der Waals surface area contributed by atoms with Crippen LogP contribution in [0.5, 0.6) is 0 Å². The standard InChI is InChI=1S/C22H16ClN3OS/c1-14-17-6-2-3-7-18(17)22(27)21(20(14)23)25-15-9-11-16(12-10-15)28-26-19-8-4-5-13-24-19/h2-13,25H,1H2,(H,24,26). The number of anilines is 2. The van der Waals surface area contributed by atoms with E-state index in [1.54, 1.807) is 12.3 Å². The normalized spacial score (nSPS) is 13.3. The molecule has 4 rings (SSSR count). The van der Waals surface area contributed by atoms with Gasteiger partial charge in [0, 0.05) is 22.3 Å². The predicted octanol–water partition coefficient (Wildman–Crippen LogP) is 5.97. The molecule has 0 saturated heterocycles. The van der Waals surface area contributed by atoms with Crippen LogP contribution in [0.3, 0.4) is 0 Å². The van der Waals surface area contributed by atoms with Crippen molar-refractivity contribution in [3.05, 3.63) is 101 Å². The van der Waals surface area contributed by atoms with Crippen molar-refractivity contribution in [1.82, 2.24) is 4.98 Å². The molecule has 0 aliphatic heterocycles. The molecule has 1 heterocycles. The molecule has 6 heteroatoms. The molecular formula is C22H16ClN3OS. The number of nitrogens with zero attached hydrogens (tertiary/aromatic N) is 1. The Bertz CT molecular complexity index is 1080. The van der Waals surface area contributed by atoms with Crippen LogP contribution in [-0.2, 0) is 0 Å². The fourth-order valence-electron chi connectivity index (χ4n) is 2.84. The first-order valence-corrected chi connectivity index (χ1v) is 9.77. The Hall–Kier alpha value is -3.02. The zero-order chi connectivity index (χ0) is 19.5. The van der Waals surface area contributed by atoms with Crippen LogP contribution < -0.4 is 10.0 Å². The van der Waals surface area contributed by atoms with Gasteiger partial charge in [-0.1, -0.05) is 48.5 Å². The molecule has 2 N–H and O–H groups in total. The minimum atomic E-state index is -0.136. The number of allylic oxidation sites excluding steroid dienone is 3. The second-order valence-electron chi connectivity index (χ2n) is 6.11. The maximum Gasteiger partial charge on any atom is 0.211 e. The molecule has 0 atom stereocenters. The number of carbonyl (C=O) groups is 1. The van der Waals surface area contributed by atoms with E-state index in [0.717, 1.165) is 22.0 Å². The average molecular weight is 406 g/mol. The van der Waals surface area contributed by atoms with Crippen molar-refractivity contribution in [1.29, 1.82) is 0 Å². The van der Waals surface area contributed by atoms with E-state index >= 15 is 0 Å². The van der Waals surface area contributed by atoms with Gasteiger partial charge >= 0.3 is 0 Å². The summed E-state index contributed by atoms with van der Waals surface area (Å²) < 4.78 is 3.18. The smallest absolute Gasteiger partial charge is 0.211 e. The molecule has 4 nitrogen and oxygen atoms in total. The lowest BCUT2D eigenvalue weighted by Crippen LogP contribution is -2.19. The summed E-state index contributed by atoms with van der Waals surface area (Å²) in [7, 11) is 0. The molecule has 0 spiro atoms. The zero-order valence-electron chi connectivity index (χ0n) is 14.8. The van der Waals surface area contributed by atoms with Crippen molar-refractivity contribution in [3.8, 4) is 0 Å². The van der Waals surface area contributed by atoms with E-state index in [2.05, 4.69) is 21.6 Å². The number of rotatable bonds is 5. The van der Waals surface area contributed by atoms with Gasteiger partial charge < -0.3 is 10.0 Å². The summed E-state index contributed by atoms with van der Waals surface area (Å²) in [6.45, 7) is 4.03. The highest BCUT2D eigenvalue weighted by atomic mass is 35.5. The van der Waals surface area contributed by atoms with Gasteiger partial charge in [-0.05, 0) is 59.5 Å². The molecule has 0 unspecified atom stereocenters. The first kappa shape index (κ1) is 18.3. The summed E-state index contributed by atoms with van der Waals surface area (Å²) in [5.41, 5.74) is 3.14. The van der Waals surface area contributed by atoms with E-state index in [1.165, 1.54) is 11.9 Å². The first-order chi connectivity index (χ1) is 13.6. The van der Waals surface area contributed by atoms with Crippen LogP contribution in [0, 0.1) is 0 Å². The molecule has 1 aliphatic carbocycles. The molecule has 0 fully saturated rings. The van der Waals surface area contributed by atoms with E-state index in [1.807, 2.05) is 60.7 Å². The number of benzene rings is 2. The van der Waals surface area contributed by atoms with Crippen LogP contribution in [0.2, 0.25) is 0 Å². The summed E-state index contributed by atoms with van der Waals surface area (Å²) in [5.74, 6) is 0.653. The number of nitrogens with one attached hydrogen (secondary N) is 2. The second kappa shape index (κ2) is 7.92. The number of ketones is 1. The third-order valence-corrected chi connectivity index (χ3v) is 5.51. The average Bonchev–Trinajstić information content (AvgIpc) is 2.75. The van der Waals surface area contributed by atoms with Crippen molar-refractivity contribution < 1.29 is 4.79 Å². The Kier molecular flexibility index (Phi) is 5.19. The van der Waals surface area contributed by atoms with Gasteiger partial charge in [-0.25, -0.2) is 4.98 Å². The van der Waals surface area contributed by atoms with Gasteiger partial charge in [-0.15, -0.1) is 0 Å². The third kappa shape index (κ3) is 3.67. The fourth-order valence-corrected chi connectivity index (χ4v) is 3.69. The maximum atomic E-state index is 12.8. The number of carbonyl (C=O) groups excluding carboxylic acids is 1. The summed E-state index contributed by atoms with van der Waals surface area (Å²) >= 11 is 7.89. The number of Topliss-reactive ketones (excluding diaryl/α,β-unsaturated/α-hetero) is 1. The van der Waals surface area contributed by atoms with Gasteiger partial charge in [0.2, 0.25) is 5.78 Å². The first-order valence-electron chi connectivity index (χ1n) is 8.57. The molecule has 0 radical (unpaired) electrons. The summed E-state index contributed by atoms with van der Waals surface area (Å²) in [6.07, 6.45) is 1.74. The number of hydrogen-bond donors (Lipinski definition) is 2. The molecule has 2 aromatic carbocycles. The topological polar surface area (TPSA) is 54.0 Å². The van der Waals surface area contributed by atoms with Crippen LogP contribution in [0.25, 0.3) is 5.57 Å². The van der Waals surface area contributed by atoms with Crippen LogP contribution >= 0.6 is 23.5 Å². The van der Waals surface area contributed by atoms with Crippen LogP contribution in [0.15, 0.2) is 95.1 Å². The number of fused-ring (bicyclic) bond motifs is 1. The van der Waals surface area contributed by atoms with E-state index in [4.69, 9.17) is 11.6 Å². The number of pyridine rings is 1. The maximum absolute atomic E-state index is 12.8. The Balaban J connectivity index is 1.49. The monoisotopic (exact) mass is 405 g/mol. The van der Waals surface area contributed by atoms with Crippen LogP contribution in [0.4, 0.5) is 11.5 Å². The summed E-state index contributed by atoms with van der Waals surface area (Å²) in [5, 5.41) is 3.49. The quantitative estimate of drug-likeness (QED) is 0.512. The van der Waals surface area contributed by atoms with E-state index < -0.39 is 0 Å². The molecule has 1 aliphatic rings. The van der Waals surface area contributed by atoms with Gasteiger partial charge in [0.05, 0.1) is 5.03 Å². The predicted molar refractivity (Wildman–Crippen MR) is 116 cm³/mol. The molecular weight excluding hydrogens is 390 g/mol. The molecule has 3 aromatic rings. The van der Waals surface area contributed by atoms with Gasteiger partial charge in [-0.2, -0.15) is 0 Å². The van der Waals surface area contributed by atoms with E-state index in [-0.39, 0.29) is 5.78 Å². The lowest BCUT2D eigenvalue weighted by atomic mass is 9.90. The SMILES string of the molecule is C=C1C(Cl)=C(Nc2ccc(SNc3ccccn3)cc2)C(=O)c2ccccc21. The summed E-state index contributed by atoms with van der Waals surface area (Å²) in [6, 6.07) is 20.7. The molecule has 0 saturated carbocycles. The largest absolute Gasteiger partial charge is 0.351 e. The highest BCUT2D eigenvalue weighted by Gasteiger charge is 2.27. The fraction of sp³-hybridized carbons (Fsp3) is 0. The number of hydrogen-bond acceptors (Lipinski definition) is 5. The Labute approximate surface area is 172 Å². The Morgan fingerprint density at radius 1 is 0.929 bits per heavy atom. The van der Waals surface area contributed by atoms with Crippen LogP contribution in [0.1, 0.15) is 15.9 Å². The van der Waals surface area contributed by atoms with Gasteiger partial charge in [0.15, 0.2) is 0 Å². The Morgan fingerprint density at radius 2 is 1.64 bits per heavy atom. The van der Waals surface area contributed by atoms with Crippen molar-refractivity contribution in [2.75, 3.05) is 10.0 Å². The van der Waals surface area contributed by atoms with E-state index in [0.29, 0.717) is 21.9 Å². The van der Waals surface area contributed by atoms with Crippen molar-refractivity contribution >= 4 is 46.4 Å². The molecule has 138 valence electrons. The van der Waals surface area contributed by atoms with Crippen molar-refractivity contribution in [2.24, 2.45) is 0 Å². The van der Waals surface area contributed by atoms with Crippen molar-refractivity contribution in [3.63, 3.8) is 0 Å². The molecule has 0 amide bonds. The Morgan fingerprint density at radius 3 is 2.36 bits per heavy atom. The minimum absolute atomic E-state index is 0.136. The minimum Gasteiger partial charge on any atom is -0.351 e. The van der Waals surface area contributed by atoms with Gasteiger partial charge in [0.25, 0.3) is 0 Å². The van der Waals surface area contributed by atoms with Gasteiger partial charge in [-0.3, -0.25) is 4.79 Å².